The van der Waals surface area contributed by atoms with Crippen LogP contribution < -0.4 is 4.90 Å². The van der Waals surface area contributed by atoms with Crippen LogP contribution in [-0.2, 0) is 14.4 Å². The van der Waals surface area contributed by atoms with Gasteiger partial charge in [0, 0.05) is 23.6 Å². The molecule has 24 heavy (non-hydrogen) atoms. The summed E-state index contributed by atoms with van der Waals surface area (Å²) < 4.78 is 0. The molecule has 0 N–H and O–H groups in total. The Morgan fingerprint density at radius 1 is 1.08 bits per heavy atom. The lowest BCUT2D eigenvalue weighted by Gasteiger charge is -2.16. The first-order valence-electron chi connectivity index (χ1n) is 7.55. The zero-order valence-electron chi connectivity index (χ0n) is 12.8. The van der Waals surface area contributed by atoms with E-state index in [2.05, 4.69) is 5.16 Å². The number of fused-ring (bicyclic) bond motifs is 1. The molecule has 0 saturated carbocycles. The summed E-state index contributed by atoms with van der Waals surface area (Å²) in [5, 5.41) is 3.81. The largest absolute Gasteiger partial charge is 0.335 e. The van der Waals surface area contributed by atoms with Crippen LogP contribution in [0.3, 0.4) is 0 Å². The van der Waals surface area contributed by atoms with Crippen molar-refractivity contribution in [1.29, 1.82) is 0 Å². The van der Waals surface area contributed by atoms with Gasteiger partial charge in [0.1, 0.15) is 0 Å². The minimum absolute atomic E-state index is 0.119. The van der Waals surface area contributed by atoms with Gasteiger partial charge in [0.2, 0.25) is 0 Å². The van der Waals surface area contributed by atoms with Crippen molar-refractivity contribution in [2.45, 2.75) is 12.8 Å². The van der Waals surface area contributed by atoms with Crippen molar-refractivity contribution in [2.75, 3.05) is 10.8 Å². The molecule has 0 aromatic heterocycles. The monoisotopic (exact) mass is 342 g/mol. The summed E-state index contributed by atoms with van der Waals surface area (Å²) in [4.78, 5) is 30.8. The first-order chi connectivity index (χ1) is 11.7. The van der Waals surface area contributed by atoms with Crippen molar-refractivity contribution in [1.82, 2.24) is 0 Å². The minimum atomic E-state index is -0.508. The Morgan fingerprint density at radius 3 is 2.54 bits per heavy atom. The number of hydrogen-bond donors (Lipinski definition) is 0. The second kappa shape index (κ2) is 7.27. The Morgan fingerprint density at radius 2 is 1.79 bits per heavy atom. The van der Waals surface area contributed by atoms with Gasteiger partial charge in [-0.25, -0.2) is 4.79 Å². The van der Waals surface area contributed by atoms with Crippen molar-refractivity contribution in [3.05, 3.63) is 60.2 Å². The second-order valence-corrected chi connectivity index (χ2v) is 5.57. The standard InChI is InChI=1S/C18H15ClN2O3/c19-12-6-11-16(22)24-20-17-14-9-4-5-10-15(14)21(18(17)23)13-7-2-1-3-8-13/h1-5,7-10H,6,11-12H2/b20-17+. The van der Waals surface area contributed by atoms with E-state index in [1.165, 1.54) is 0 Å². The van der Waals surface area contributed by atoms with Gasteiger partial charge < -0.3 is 4.84 Å². The Hall–Kier alpha value is -2.66. The van der Waals surface area contributed by atoms with Crippen LogP contribution in [0, 0.1) is 0 Å². The lowest BCUT2D eigenvalue weighted by atomic mass is 10.1. The third-order valence-electron chi connectivity index (χ3n) is 3.57. The molecular formula is C18H15ClN2O3. The molecule has 1 amide bonds. The predicted molar refractivity (Wildman–Crippen MR) is 92.6 cm³/mol. The number of para-hydroxylation sites is 2. The van der Waals surface area contributed by atoms with Crippen LogP contribution in [0.1, 0.15) is 18.4 Å². The molecular weight excluding hydrogens is 328 g/mol. The summed E-state index contributed by atoms with van der Waals surface area (Å²) in [6, 6.07) is 16.5. The van der Waals surface area contributed by atoms with Crippen LogP contribution in [0.25, 0.3) is 0 Å². The van der Waals surface area contributed by atoms with Crippen LogP contribution in [0.2, 0.25) is 0 Å². The van der Waals surface area contributed by atoms with E-state index < -0.39 is 5.97 Å². The van der Waals surface area contributed by atoms with E-state index in [1.807, 2.05) is 48.5 Å². The van der Waals surface area contributed by atoms with Gasteiger partial charge in [-0.2, -0.15) is 0 Å². The number of carbonyl (C=O) groups excluding carboxylic acids is 2. The molecule has 122 valence electrons. The van der Waals surface area contributed by atoms with Gasteiger partial charge in [0.15, 0.2) is 5.71 Å². The van der Waals surface area contributed by atoms with Crippen LogP contribution >= 0.6 is 11.6 Å². The number of alkyl halides is 1. The topological polar surface area (TPSA) is 59.0 Å². The summed E-state index contributed by atoms with van der Waals surface area (Å²) in [5.74, 6) is -0.464. The maximum Gasteiger partial charge on any atom is 0.335 e. The van der Waals surface area contributed by atoms with Crippen molar-refractivity contribution in [2.24, 2.45) is 5.16 Å². The molecule has 0 radical (unpaired) electrons. The van der Waals surface area contributed by atoms with Crippen molar-refractivity contribution in [3.63, 3.8) is 0 Å². The number of rotatable bonds is 5. The Balaban J connectivity index is 1.92. The number of amides is 1. The maximum absolute atomic E-state index is 12.8. The predicted octanol–water partition coefficient (Wildman–Crippen LogP) is 3.63. The molecule has 2 aromatic carbocycles. The molecule has 0 bridgehead atoms. The van der Waals surface area contributed by atoms with Gasteiger partial charge >= 0.3 is 5.97 Å². The van der Waals surface area contributed by atoms with Crippen LogP contribution in [0.5, 0.6) is 0 Å². The molecule has 0 saturated heterocycles. The fourth-order valence-corrected chi connectivity index (χ4v) is 2.61. The Bertz CT molecular complexity index is 790. The zero-order chi connectivity index (χ0) is 16.9. The summed E-state index contributed by atoms with van der Waals surface area (Å²) in [6.45, 7) is 0. The van der Waals surface area contributed by atoms with Crippen molar-refractivity contribution >= 4 is 40.6 Å². The fourth-order valence-electron chi connectivity index (χ4n) is 2.47. The van der Waals surface area contributed by atoms with E-state index in [4.69, 9.17) is 16.4 Å². The fraction of sp³-hybridized carbons (Fsp3) is 0.167. The molecule has 1 aliphatic heterocycles. The van der Waals surface area contributed by atoms with E-state index >= 15 is 0 Å². The molecule has 6 heteroatoms. The van der Waals surface area contributed by atoms with Crippen LogP contribution in [0.4, 0.5) is 11.4 Å². The molecule has 1 aliphatic rings. The van der Waals surface area contributed by atoms with Crippen LogP contribution in [-0.4, -0.2) is 23.5 Å². The van der Waals surface area contributed by atoms with E-state index in [9.17, 15) is 9.59 Å². The zero-order valence-corrected chi connectivity index (χ0v) is 13.6. The summed E-state index contributed by atoms with van der Waals surface area (Å²) in [7, 11) is 0. The highest BCUT2D eigenvalue weighted by Gasteiger charge is 2.35. The highest BCUT2D eigenvalue weighted by Crippen LogP contribution is 2.35. The van der Waals surface area contributed by atoms with Gasteiger partial charge in [0.05, 0.1) is 5.69 Å². The Kier molecular flexibility index (Phi) is 4.91. The first kappa shape index (κ1) is 16.2. The van der Waals surface area contributed by atoms with Gasteiger partial charge in [0.25, 0.3) is 5.91 Å². The van der Waals surface area contributed by atoms with Crippen LogP contribution in [0.15, 0.2) is 59.8 Å². The number of anilines is 2. The Labute approximate surface area is 144 Å². The minimum Gasteiger partial charge on any atom is -0.317 e. The highest BCUT2D eigenvalue weighted by molar-refractivity contribution is 6.55. The van der Waals surface area contributed by atoms with Gasteiger partial charge in [-0.3, -0.25) is 9.69 Å². The third kappa shape index (κ3) is 3.16. The van der Waals surface area contributed by atoms with E-state index in [0.717, 1.165) is 5.69 Å². The molecule has 0 unspecified atom stereocenters. The molecule has 5 nitrogen and oxygen atoms in total. The average Bonchev–Trinajstić information content (AvgIpc) is 2.90. The van der Waals surface area contributed by atoms with Gasteiger partial charge in [-0.05, 0) is 24.6 Å². The molecule has 1 heterocycles. The number of halogens is 1. The molecule has 2 aromatic rings. The lowest BCUT2D eigenvalue weighted by molar-refractivity contribution is -0.143. The summed E-state index contributed by atoms with van der Waals surface area (Å²) in [6.07, 6.45) is 0.671. The second-order valence-electron chi connectivity index (χ2n) is 5.19. The quantitative estimate of drug-likeness (QED) is 0.473. The SMILES string of the molecule is O=C(CCCCl)O/N=C1/C(=O)N(c2ccccc2)c2ccccc21. The number of benzene rings is 2. The van der Waals surface area contributed by atoms with Gasteiger partial charge in [-0.15, -0.1) is 11.6 Å². The summed E-state index contributed by atoms with van der Waals surface area (Å²) >= 11 is 5.55. The molecule has 0 aliphatic carbocycles. The highest BCUT2D eigenvalue weighted by atomic mass is 35.5. The lowest BCUT2D eigenvalue weighted by Crippen LogP contribution is -2.25. The molecule has 0 atom stereocenters. The van der Waals surface area contributed by atoms with Crippen molar-refractivity contribution < 1.29 is 14.4 Å². The number of hydrogen-bond acceptors (Lipinski definition) is 4. The molecule has 0 spiro atoms. The van der Waals surface area contributed by atoms with E-state index in [0.29, 0.717) is 23.6 Å². The maximum atomic E-state index is 12.8. The first-order valence-corrected chi connectivity index (χ1v) is 8.08. The number of carbonyl (C=O) groups is 2. The number of nitrogens with zero attached hydrogens (tertiary/aromatic N) is 2. The van der Waals surface area contributed by atoms with Crippen molar-refractivity contribution in [3.8, 4) is 0 Å². The molecule has 0 fully saturated rings. The van der Waals surface area contributed by atoms with E-state index in [-0.39, 0.29) is 18.0 Å². The molecule has 3 rings (SSSR count). The number of oxime groups is 1. The smallest absolute Gasteiger partial charge is 0.317 e. The third-order valence-corrected chi connectivity index (χ3v) is 3.84. The van der Waals surface area contributed by atoms with Gasteiger partial charge in [-0.1, -0.05) is 41.6 Å². The average molecular weight is 343 g/mol. The summed E-state index contributed by atoms with van der Waals surface area (Å²) in [5.41, 5.74) is 2.20. The normalized spacial score (nSPS) is 14.8. The van der Waals surface area contributed by atoms with E-state index in [1.54, 1.807) is 11.0 Å².